The van der Waals surface area contributed by atoms with Crippen LogP contribution in [0.15, 0.2) is 12.1 Å². The van der Waals surface area contributed by atoms with E-state index < -0.39 is 5.95 Å². The second-order valence-electron chi connectivity index (χ2n) is 5.64. The Kier molecular flexibility index (Phi) is 4.00. The van der Waals surface area contributed by atoms with E-state index in [4.69, 9.17) is 4.74 Å². The van der Waals surface area contributed by atoms with Gasteiger partial charge in [-0.1, -0.05) is 0 Å². The van der Waals surface area contributed by atoms with E-state index in [0.717, 1.165) is 30.8 Å². The van der Waals surface area contributed by atoms with E-state index in [-0.39, 0.29) is 6.10 Å². The molecule has 1 N–H and O–H groups in total. The van der Waals surface area contributed by atoms with Gasteiger partial charge in [-0.3, -0.25) is 0 Å². The van der Waals surface area contributed by atoms with Gasteiger partial charge in [0, 0.05) is 18.7 Å². The molecule has 0 saturated carbocycles. The molecule has 0 aromatic carbocycles. The van der Waals surface area contributed by atoms with Gasteiger partial charge >= 0.3 is 0 Å². The number of aryl methyl sites for hydroxylation is 1. The number of aromatic nitrogens is 3. The van der Waals surface area contributed by atoms with Crippen LogP contribution in [0.2, 0.25) is 0 Å². The summed E-state index contributed by atoms with van der Waals surface area (Å²) < 4.78 is 22.1. The van der Waals surface area contributed by atoms with Crippen molar-refractivity contribution in [3.8, 4) is 17.1 Å². The highest BCUT2D eigenvalue weighted by Crippen LogP contribution is 2.33. The molecule has 0 amide bonds. The number of ether oxygens (including phenoxy) is 1. The molecule has 2 aromatic rings. The summed E-state index contributed by atoms with van der Waals surface area (Å²) in [4.78, 5) is 3.95. The van der Waals surface area contributed by atoms with Crippen molar-refractivity contribution in [1.29, 1.82) is 0 Å². The normalized spacial score (nSPS) is 17.5. The van der Waals surface area contributed by atoms with Crippen molar-refractivity contribution >= 4 is 5.82 Å². The van der Waals surface area contributed by atoms with E-state index in [9.17, 15) is 4.39 Å². The maximum absolute atomic E-state index is 14.3. The predicted molar refractivity (Wildman–Crippen MR) is 83.6 cm³/mol. The minimum Gasteiger partial charge on any atom is -0.475 e. The van der Waals surface area contributed by atoms with Crippen molar-refractivity contribution in [2.45, 2.75) is 46.3 Å². The molecule has 2 aromatic heterocycles. The van der Waals surface area contributed by atoms with Gasteiger partial charge < -0.3 is 10.1 Å². The molecule has 3 heterocycles. The molecule has 0 bridgehead atoms. The van der Waals surface area contributed by atoms with Gasteiger partial charge in [-0.05, 0) is 45.7 Å². The summed E-state index contributed by atoms with van der Waals surface area (Å²) in [6.07, 6.45) is 2.17. The molecule has 22 heavy (non-hydrogen) atoms. The molecule has 5 nitrogen and oxygen atoms in total. The lowest BCUT2D eigenvalue weighted by Crippen LogP contribution is -2.10. The summed E-state index contributed by atoms with van der Waals surface area (Å²) in [6.45, 7) is 7.42. The molecule has 0 radical (unpaired) electrons. The predicted octanol–water partition coefficient (Wildman–Crippen LogP) is 3.39. The van der Waals surface area contributed by atoms with E-state index in [0.29, 0.717) is 23.6 Å². The Morgan fingerprint density at radius 3 is 3.00 bits per heavy atom. The van der Waals surface area contributed by atoms with Gasteiger partial charge in [0.05, 0.1) is 11.7 Å². The molecular weight excluding hydrogens is 283 g/mol. The summed E-state index contributed by atoms with van der Waals surface area (Å²) in [5.41, 5.74) is 1.89. The quantitative estimate of drug-likeness (QED) is 0.883. The fourth-order valence-corrected chi connectivity index (χ4v) is 2.76. The van der Waals surface area contributed by atoms with E-state index >= 15 is 0 Å². The van der Waals surface area contributed by atoms with Crippen molar-refractivity contribution in [1.82, 2.24) is 14.8 Å². The van der Waals surface area contributed by atoms with Crippen LogP contribution < -0.4 is 10.1 Å². The van der Waals surface area contributed by atoms with Crippen molar-refractivity contribution in [3.63, 3.8) is 0 Å². The standard InChI is InChI=1S/C16H21FN4O/c1-4-18-13-8-7-12(15(17)19-13)14-11(3)16-21(20-14)9-5-6-10(2)22-16/h7-8,10H,4-6,9H2,1-3H3,(H,18,19)/t10-/m0/s1. The van der Waals surface area contributed by atoms with Crippen LogP contribution in [-0.2, 0) is 6.54 Å². The molecule has 1 atom stereocenters. The number of rotatable bonds is 3. The molecule has 118 valence electrons. The summed E-state index contributed by atoms with van der Waals surface area (Å²) in [5, 5.41) is 7.55. The fourth-order valence-electron chi connectivity index (χ4n) is 2.76. The van der Waals surface area contributed by atoms with Gasteiger partial charge in [0.1, 0.15) is 11.5 Å². The van der Waals surface area contributed by atoms with Crippen LogP contribution in [0.3, 0.4) is 0 Å². The zero-order chi connectivity index (χ0) is 15.7. The molecule has 1 aliphatic heterocycles. The SMILES string of the molecule is CCNc1ccc(-c2nn3c(c2C)O[C@@H](C)CCC3)c(F)n1. The molecule has 1 aliphatic rings. The lowest BCUT2D eigenvalue weighted by atomic mass is 10.1. The number of nitrogens with zero attached hydrogens (tertiary/aromatic N) is 3. The molecular formula is C16H21FN4O. The zero-order valence-corrected chi connectivity index (χ0v) is 13.2. The first-order chi connectivity index (χ1) is 10.6. The highest BCUT2D eigenvalue weighted by atomic mass is 19.1. The molecule has 3 rings (SSSR count). The van der Waals surface area contributed by atoms with Crippen molar-refractivity contribution in [3.05, 3.63) is 23.6 Å². The fraction of sp³-hybridized carbons (Fsp3) is 0.500. The lowest BCUT2D eigenvalue weighted by molar-refractivity contribution is 0.207. The van der Waals surface area contributed by atoms with Gasteiger partial charge in [-0.15, -0.1) is 0 Å². The van der Waals surface area contributed by atoms with Gasteiger partial charge in [0.25, 0.3) is 0 Å². The lowest BCUT2D eigenvalue weighted by Gasteiger charge is -2.11. The van der Waals surface area contributed by atoms with E-state index in [1.807, 2.05) is 18.5 Å². The summed E-state index contributed by atoms with van der Waals surface area (Å²) in [6, 6.07) is 3.49. The Hall–Kier alpha value is -2.11. The molecule has 0 aliphatic carbocycles. The summed E-state index contributed by atoms with van der Waals surface area (Å²) in [7, 11) is 0. The second-order valence-corrected chi connectivity index (χ2v) is 5.64. The molecule has 6 heteroatoms. The highest BCUT2D eigenvalue weighted by molar-refractivity contribution is 5.66. The Morgan fingerprint density at radius 2 is 2.27 bits per heavy atom. The topological polar surface area (TPSA) is 52.0 Å². The average molecular weight is 304 g/mol. The zero-order valence-electron chi connectivity index (χ0n) is 13.2. The van der Waals surface area contributed by atoms with Crippen LogP contribution in [0.25, 0.3) is 11.3 Å². The van der Waals surface area contributed by atoms with Gasteiger partial charge in [0.15, 0.2) is 0 Å². The number of fused-ring (bicyclic) bond motifs is 1. The highest BCUT2D eigenvalue weighted by Gasteiger charge is 2.23. The van der Waals surface area contributed by atoms with E-state index in [1.54, 1.807) is 12.1 Å². The summed E-state index contributed by atoms with van der Waals surface area (Å²) >= 11 is 0. The Morgan fingerprint density at radius 1 is 1.45 bits per heavy atom. The molecule has 0 saturated heterocycles. The van der Waals surface area contributed by atoms with Crippen LogP contribution in [0.5, 0.6) is 5.88 Å². The number of nitrogens with one attached hydrogen (secondary N) is 1. The van der Waals surface area contributed by atoms with Crippen LogP contribution >= 0.6 is 0 Å². The second kappa shape index (κ2) is 5.94. The van der Waals surface area contributed by atoms with Crippen molar-refractivity contribution in [2.24, 2.45) is 0 Å². The van der Waals surface area contributed by atoms with Crippen LogP contribution in [0.1, 0.15) is 32.3 Å². The third kappa shape index (κ3) is 2.65. The number of hydrogen-bond donors (Lipinski definition) is 1. The largest absolute Gasteiger partial charge is 0.475 e. The first-order valence-corrected chi connectivity index (χ1v) is 7.75. The minimum absolute atomic E-state index is 0.156. The first-order valence-electron chi connectivity index (χ1n) is 7.75. The van der Waals surface area contributed by atoms with Gasteiger partial charge in [-0.25, -0.2) is 9.67 Å². The maximum atomic E-state index is 14.3. The van der Waals surface area contributed by atoms with E-state index in [1.165, 1.54) is 0 Å². The smallest absolute Gasteiger partial charge is 0.224 e. The molecule has 0 unspecified atom stereocenters. The van der Waals surface area contributed by atoms with Crippen LogP contribution in [-0.4, -0.2) is 27.4 Å². The number of anilines is 1. The summed E-state index contributed by atoms with van der Waals surface area (Å²) in [5.74, 6) is 0.769. The van der Waals surface area contributed by atoms with Crippen LogP contribution in [0.4, 0.5) is 10.2 Å². The van der Waals surface area contributed by atoms with Gasteiger partial charge in [-0.2, -0.15) is 9.49 Å². The van der Waals surface area contributed by atoms with E-state index in [2.05, 4.69) is 22.3 Å². The third-order valence-corrected chi connectivity index (χ3v) is 3.89. The monoisotopic (exact) mass is 304 g/mol. The van der Waals surface area contributed by atoms with Crippen molar-refractivity contribution < 1.29 is 9.13 Å². The van der Waals surface area contributed by atoms with Crippen LogP contribution in [0, 0.1) is 12.9 Å². The third-order valence-electron chi connectivity index (χ3n) is 3.89. The number of hydrogen-bond acceptors (Lipinski definition) is 4. The number of pyridine rings is 1. The molecule has 0 fully saturated rings. The Balaban J connectivity index is 2.01. The van der Waals surface area contributed by atoms with Crippen molar-refractivity contribution in [2.75, 3.05) is 11.9 Å². The molecule has 0 spiro atoms. The maximum Gasteiger partial charge on any atom is 0.224 e. The average Bonchev–Trinajstić information content (AvgIpc) is 2.67. The Labute approximate surface area is 129 Å². The van der Waals surface area contributed by atoms with Gasteiger partial charge in [0.2, 0.25) is 11.8 Å². The minimum atomic E-state index is -0.511. The Bertz CT molecular complexity index is 683. The number of halogens is 1. The first kappa shape index (κ1) is 14.8.